The molecule has 2 rings (SSSR count). The number of benzene rings is 2. The first-order valence-corrected chi connectivity index (χ1v) is 22.6. The largest absolute Gasteiger partial charge is 0.252 e. The van der Waals surface area contributed by atoms with Crippen molar-refractivity contribution in [3.05, 3.63) is 60.7 Å². The number of nitrogens with zero attached hydrogens (tertiary/aromatic N) is 2. The maximum atomic E-state index is 5.20. The van der Waals surface area contributed by atoms with Crippen molar-refractivity contribution in [2.75, 3.05) is 0 Å². The normalized spacial score (nSPS) is 12.2. The van der Waals surface area contributed by atoms with Crippen LogP contribution in [0.1, 0.15) is 226 Å². The van der Waals surface area contributed by atoms with Gasteiger partial charge in [0.2, 0.25) is 0 Å². The summed E-state index contributed by atoms with van der Waals surface area (Å²) in [6.07, 6.45) is 45.6. The van der Waals surface area contributed by atoms with Gasteiger partial charge in [-0.2, -0.15) is 0 Å². The Morgan fingerprint density at radius 1 is 0.294 bits per heavy atom. The lowest BCUT2D eigenvalue weighted by Crippen LogP contribution is -2.14. The molecule has 0 saturated carbocycles. The molecule has 0 radical (unpaired) electrons. The van der Waals surface area contributed by atoms with Crippen LogP contribution in [0.15, 0.2) is 70.6 Å². The average molecular weight is 699 g/mol. The molecule has 0 aliphatic rings. The molecule has 0 aliphatic carbocycles. The van der Waals surface area contributed by atoms with E-state index < -0.39 is 0 Å². The van der Waals surface area contributed by atoms with Crippen molar-refractivity contribution >= 4 is 22.8 Å². The molecule has 2 aromatic rings. The molecular weight excluding hydrogens is 617 g/mol. The van der Waals surface area contributed by atoms with Crippen molar-refractivity contribution in [1.29, 1.82) is 0 Å². The van der Waals surface area contributed by atoms with Crippen LogP contribution in [-0.2, 0) is 0 Å². The Labute approximate surface area is 318 Å². The minimum absolute atomic E-state index is 1.02. The summed E-state index contributed by atoms with van der Waals surface area (Å²) < 4.78 is 0. The number of para-hydroxylation sites is 2. The number of hydrogen-bond donors (Lipinski definition) is 0. The summed E-state index contributed by atoms with van der Waals surface area (Å²) in [4.78, 5) is 10.4. The first-order chi connectivity index (χ1) is 25.3. The van der Waals surface area contributed by atoms with Gasteiger partial charge in [-0.05, 0) is 49.9 Å². The summed E-state index contributed by atoms with van der Waals surface area (Å²) in [6.45, 7) is 4.60. The molecule has 2 heteroatoms. The highest BCUT2D eigenvalue weighted by Crippen LogP contribution is 2.21. The third-order valence-corrected chi connectivity index (χ3v) is 10.7. The Morgan fingerprint density at radius 3 is 0.745 bits per heavy atom. The molecule has 0 bridgehead atoms. The van der Waals surface area contributed by atoms with Crippen LogP contribution in [0.5, 0.6) is 0 Å². The molecule has 0 aromatic heterocycles. The molecule has 2 nitrogen and oxygen atoms in total. The summed E-state index contributed by atoms with van der Waals surface area (Å²) in [5.41, 5.74) is 4.50. The number of aliphatic imine (C=N–C) groups is 2. The maximum absolute atomic E-state index is 5.20. The van der Waals surface area contributed by atoms with Crippen molar-refractivity contribution < 1.29 is 0 Å². The van der Waals surface area contributed by atoms with Crippen molar-refractivity contribution in [3.8, 4) is 0 Å². The van der Waals surface area contributed by atoms with E-state index in [4.69, 9.17) is 9.98 Å². The summed E-state index contributed by atoms with van der Waals surface area (Å²) in [6, 6.07) is 21.1. The van der Waals surface area contributed by atoms with Crippen LogP contribution in [0, 0.1) is 0 Å². The second-order valence-corrected chi connectivity index (χ2v) is 15.5. The van der Waals surface area contributed by atoms with Gasteiger partial charge in [0.1, 0.15) is 0 Å². The molecule has 0 spiro atoms. The van der Waals surface area contributed by atoms with Crippen LogP contribution >= 0.6 is 0 Å². The molecule has 288 valence electrons. The lowest BCUT2D eigenvalue weighted by molar-refractivity contribution is 0.516. The monoisotopic (exact) mass is 699 g/mol. The molecule has 0 unspecified atom stereocenters. The second-order valence-electron chi connectivity index (χ2n) is 15.5. The summed E-state index contributed by atoms with van der Waals surface area (Å²) in [5, 5.41) is 0. The highest BCUT2D eigenvalue weighted by Gasteiger charge is 2.11. The molecule has 0 N–H and O–H groups in total. The predicted octanol–water partition coefficient (Wildman–Crippen LogP) is 17.4. The number of hydrogen-bond acceptors (Lipinski definition) is 2. The minimum atomic E-state index is 1.02. The van der Waals surface area contributed by atoms with Gasteiger partial charge in [0, 0.05) is 0 Å². The first kappa shape index (κ1) is 44.9. The van der Waals surface area contributed by atoms with Gasteiger partial charge in [-0.15, -0.1) is 0 Å². The number of rotatable bonds is 36. The number of unbranched alkanes of at least 4 members (excludes halogenated alkanes) is 29. The zero-order valence-corrected chi connectivity index (χ0v) is 34.0. The second kappa shape index (κ2) is 34.8. The van der Waals surface area contributed by atoms with Gasteiger partial charge in [0.25, 0.3) is 0 Å². The van der Waals surface area contributed by atoms with Crippen LogP contribution in [0.25, 0.3) is 0 Å². The smallest absolute Gasteiger partial charge is 0.0633 e. The van der Waals surface area contributed by atoms with Crippen LogP contribution < -0.4 is 0 Å². The Morgan fingerprint density at radius 2 is 0.510 bits per heavy atom. The molecule has 0 saturated heterocycles. The SMILES string of the molecule is CCCCCCCCCCCCCCCCCCCCCCCCCCCC(=Nc1ccccc1)C(CCCCCCCC)=Nc1ccccc1. The first-order valence-electron chi connectivity index (χ1n) is 22.6. The van der Waals surface area contributed by atoms with Crippen LogP contribution in [0.3, 0.4) is 0 Å². The van der Waals surface area contributed by atoms with E-state index in [2.05, 4.69) is 74.5 Å². The standard InChI is InChI=1S/C49H82N2/c1-3-5-7-9-11-12-13-14-15-16-17-18-19-20-21-22-23-24-25-26-27-28-29-31-39-45-49(51-47-42-36-33-37-43-47)48(44-38-30-10-8-6-4-2)50-46-40-34-32-35-41-46/h32-37,40-43H,3-31,38-39,44-45H2,1-2H3. The highest BCUT2D eigenvalue weighted by atomic mass is 14.8. The lowest BCUT2D eigenvalue weighted by atomic mass is 9.99. The van der Waals surface area contributed by atoms with E-state index in [9.17, 15) is 0 Å². The van der Waals surface area contributed by atoms with Crippen molar-refractivity contribution in [2.45, 2.75) is 226 Å². The van der Waals surface area contributed by atoms with Crippen LogP contribution in [-0.4, -0.2) is 11.4 Å². The average Bonchev–Trinajstić information content (AvgIpc) is 3.16. The van der Waals surface area contributed by atoms with E-state index in [1.807, 2.05) is 0 Å². The van der Waals surface area contributed by atoms with Crippen molar-refractivity contribution in [3.63, 3.8) is 0 Å². The van der Waals surface area contributed by atoms with E-state index >= 15 is 0 Å². The molecule has 0 amide bonds. The highest BCUT2D eigenvalue weighted by molar-refractivity contribution is 6.43. The van der Waals surface area contributed by atoms with Gasteiger partial charge >= 0.3 is 0 Å². The molecule has 0 fully saturated rings. The molecule has 0 heterocycles. The van der Waals surface area contributed by atoms with E-state index in [1.165, 1.54) is 210 Å². The van der Waals surface area contributed by atoms with E-state index in [1.54, 1.807) is 0 Å². The van der Waals surface area contributed by atoms with E-state index in [0.717, 1.165) is 24.2 Å². The van der Waals surface area contributed by atoms with Gasteiger partial charge in [-0.1, -0.05) is 236 Å². The fraction of sp³-hybridized carbons (Fsp3) is 0.714. The lowest BCUT2D eigenvalue weighted by Gasteiger charge is -2.12. The van der Waals surface area contributed by atoms with Gasteiger partial charge in [0.05, 0.1) is 22.8 Å². The Kier molecular flexibility index (Phi) is 30.7. The Balaban J connectivity index is 1.54. The summed E-state index contributed by atoms with van der Waals surface area (Å²) in [7, 11) is 0. The Hall–Kier alpha value is -2.22. The van der Waals surface area contributed by atoms with Crippen molar-refractivity contribution in [1.82, 2.24) is 0 Å². The van der Waals surface area contributed by atoms with Gasteiger partial charge in [0.15, 0.2) is 0 Å². The molecule has 0 atom stereocenters. The maximum Gasteiger partial charge on any atom is 0.0633 e. The third-order valence-electron chi connectivity index (χ3n) is 10.7. The molecule has 0 aliphatic heterocycles. The fourth-order valence-corrected chi connectivity index (χ4v) is 7.35. The minimum Gasteiger partial charge on any atom is -0.252 e. The van der Waals surface area contributed by atoms with E-state index in [0.29, 0.717) is 0 Å². The predicted molar refractivity (Wildman–Crippen MR) is 231 cm³/mol. The molecule has 2 aromatic carbocycles. The molecule has 51 heavy (non-hydrogen) atoms. The topological polar surface area (TPSA) is 24.7 Å². The van der Waals surface area contributed by atoms with Gasteiger partial charge in [-0.25, -0.2) is 0 Å². The zero-order chi connectivity index (χ0) is 36.1. The van der Waals surface area contributed by atoms with Crippen LogP contribution in [0.2, 0.25) is 0 Å². The summed E-state index contributed by atoms with van der Waals surface area (Å²) in [5.74, 6) is 0. The van der Waals surface area contributed by atoms with Gasteiger partial charge in [-0.3, -0.25) is 9.98 Å². The zero-order valence-electron chi connectivity index (χ0n) is 34.0. The summed E-state index contributed by atoms with van der Waals surface area (Å²) >= 11 is 0. The molecular formula is C49H82N2. The van der Waals surface area contributed by atoms with Crippen molar-refractivity contribution in [2.24, 2.45) is 9.98 Å². The third kappa shape index (κ3) is 27.1. The Bertz CT molecular complexity index is 1060. The van der Waals surface area contributed by atoms with Crippen LogP contribution in [0.4, 0.5) is 11.4 Å². The fourth-order valence-electron chi connectivity index (χ4n) is 7.35. The van der Waals surface area contributed by atoms with E-state index in [-0.39, 0.29) is 0 Å². The van der Waals surface area contributed by atoms with Gasteiger partial charge < -0.3 is 0 Å². The quantitative estimate of drug-likeness (QED) is 0.0500.